The minimum atomic E-state index is -4.88. The van der Waals surface area contributed by atoms with Crippen LogP contribution in [0.4, 0.5) is 13.2 Å². The first kappa shape index (κ1) is 11.9. The maximum absolute atomic E-state index is 11.9. The van der Waals surface area contributed by atoms with Crippen molar-refractivity contribution in [2.75, 3.05) is 6.26 Å². The third-order valence-corrected chi connectivity index (χ3v) is 2.94. The molecule has 1 aromatic rings. The smallest absolute Gasteiger partial charge is 0.261 e. The minimum absolute atomic E-state index is 0.607. The molecule has 0 bridgehead atoms. The van der Waals surface area contributed by atoms with Gasteiger partial charge in [0.2, 0.25) is 0 Å². The maximum Gasteiger partial charge on any atom is 0.474 e. The van der Waals surface area contributed by atoms with E-state index in [1.807, 2.05) is 0 Å². The maximum atomic E-state index is 11.9. The van der Waals surface area contributed by atoms with Gasteiger partial charge in [-0.25, -0.2) is 0 Å². The molecular weight excluding hydrogens is 227 g/mol. The van der Waals surface area contributed by atoms with E-state index in [0.717, 1.165) is 0 Å². The number of rotatable bonds is 1. The first-order chi connectivity index (χ1) is 6.91. The van der Waals surface area contributed by atoms with Crippen LogP contribution in [0.3, 0.4) is 0 Å². The van der Waals surface area contributed by atoms with E-state index in [-0.39, 0.29) is 0 Å². The van der Waals surface area contributed by atoms with E-state index in [0.29, 0.717) is 4.90 Å². The van der Waals surface area contributed by atoms with Crippen LogP contribution in [-0.2, 0) is 15.5 Å². The third-order valence-electron chi connectivity index (χ3n) is 1.55. The van der Waals surface area contributed by atoms with Gasteiger partial charge in [0.25, 0.3) is 0 Å². The lowest BCUT2D eigenvalue weighted by Crippen LogP contribution is -2.20. The lowest BCUT2D eigenvalue weighted by atomic mass is 10.4. The fourth-order valence-electron chi connectivity index (χ4n) is 0.846. The standard InChI is InChI=1S/C9H8F3NOS/c1-15(7-5-3-2-4-6-7)13-8(14)9(10,11)12/h2-6H,1H3. The van der Waals surface area contributed by atoms with Crippen LogP contribution >= 0.6 is 0 Å². The fourth-order valence-corrected chi connectivity index (χ4v) is 1.85. The average molecular weight is 235 g/mol. The van der Waals surface area contributed by atoms with E-state index in [9.17, 15) is 18.0 Å². The summed E-state index contributed by atoms with van der Waals surface area (Å²) in [6.45, 7) is 0. The summed E-state index contributed by atoms with van der Waals surface area (Å²) in [5.74, 6) is -2.03. The van der Waals surface area contributed by atoms with E-state index in [2.05, 4.69) is 4.36 Å². The van der Waals surface area contributed by atoms with E-state index < -0.39 is 22.8 Å². The van der Waals surface area contributed by atoms with E-state index in [1.165, 1.54) is 6.26 Å². The number of benzene rings is 1. The summed E-state index contributed by atoms with van der Waals surface area (Å²) >= 11 is 0. The SMILES string of the molecule is CS(=NC(=O)C(F)(F)F)c1ccccc1. The van der Waals surface area contributed by atoms with Crippen LogP contribution in [-0.4, -0.2) is 18.3 Å². The molecule has 0 heterocycles. The van der Waals surface area contributed by atoms with Crippen LogP contribution in [0.5, 0.6) is 0 Å². The molecule has 0 saturated heterocycles. The number of carbonyl (C=O) groups excluding carboxylic acids is 1. The molecular formula is C9H8F3NOS. The molecule has 0 fully saturated rings. The Balaban J connectivity index is 2.91. The van der Waals surface area contributed by atoms with Gasteiger partial charge in [0, 0.05) is 4.90 Å². The zero-order valence-corrected chi connectivity index (χ0v) is 8.60. The van der Waals surface area contributed by atoms with Gasteiger partial charge < -0.3 is 0 Å². The van der Waals surface area contributed by atoms with Crippen molar-refractivity contribution in [3.8, 4) is 0 Å². The molecule has 82 valence electrons. The van der Waals surface area contributed by atoms with Gasteiger partial charge in [-0.1, -0.05) is 28.9 Å². The molecule has 1 aromatic carbocycles. The Morgan fingerprint density at radius 3 is 2.27 bits per heavy atom. The lowest BCUT2D eigenvalue weighted by molar-refractivity contribution is -0.169. The molecule has 0 aliphatic carbocycles. The highest BCUT2D eigenvalue weighted by molar-refractivity contribution is 7.87. The van der Waals surface area contributed by atoms with Gasteiger partial charge in [-0.05, 0) is 18.4 Å². The van der Waals surface area contributed by atoms with Crippen molar-refractivity contribution >= 4 is 16.6 Å². The lowest BCUT2D eigenvalue weighted by Gasteiger charge is -2.03. The molecule has 0 aromatic heterocycles. The van der Waals surface area contributed by atoms with Gasteiger partial charge in [0.05, 0.1) is 0 Å². The summed E-state index contributed by atoms with van der Waals surface area (Å²) in [7, 11) is -1.05. The zero-order chi connectivity index (χ0) is 11.5. The van der Waals surface area contributed by atoms with Gasteiger partial charge in [-0.2, -0.15) is 17.5 Å². The Kier molecular flexibility index (Phi) is 3.62. The van der Waals surface area contributed by atoms with Crippen LogP contribution in [0.15, 0.2) is 39.6 Å². The fraction of sp³-hybridized carbons (Fsp3) is 0.222. The molecule has 0 aliphatic rings. The van der Waals surface area contributed by atoms with Crippen molar-refractivity contribution in [2.24, 2.45) is 4.36 Å². The molecule has 1 atom stereocenters. The molecule has 0 radical (unpaired) electrons. The normalized spacial score (nSPS) is 13.9. The number of amides is 1. The van der Waals surface area contributed by atoms with Gasteiger partial charge in [-0.15, -0.1) is 0 Å². The second kappa shape index (κ2) is 4.57. The van der Waals surface area contributed by atoms with Gasteiger partial charge in [-0.3, -0.25) is 4.79 Å². The first-order valence-electron chi connectivity index (χ1n) is 3.95. The summed E-state index contributed by atoms with van der Waals surface area (Å²) in [6, 6.07) is 8.39. The van der Waals surface area contributed by atoms with Crippen LogP contribution in [0, 0.1) is 0 Å². The molecule has 0 aliphatic heterocycles. The van der Waals surface area contributed by atoms with Crippen molar-refractivity contribution in [2.45, 2.75) is 11.1 Å². The number of alkyl halides is 3. The average Bonchev–Trinajstić information content (AvgIpc) is 2.17. The molecule has 0 saturated carbocycles. The van der Waals surface area contributed by atoms with Crippen LogP contribution in [0.25, 0.3) is 0 Å². The quantitative estimate of drug-likeness (QED) is 0.735. The first-order valence-corrected chi connectivity index (χ1v) is 5.54. The van der Waals surface area contributed by atoms with E-state index >= 15 is 0 Å². The summed E-state index contributed by atoms with van der Waals surface area (Å²) in [6.07, 6.45) is -3.41. The van der Waals surface area contributed by atoms with Crippen LogP contribution in [0.2, 0.25) is 0 Å². The molecule has 1 amide bonds. The second-order valence-electron chi connectivity index (χ2n) is 2.69. The Labute approximate surface area is 87.2 Å². The molecule has 0 N–H and O–H groups in total. The van der Waals surface area contributed by atoms with Crippen molar-refractivity contribution in [3.05, 3.63) is 30.3 Å². The summed E-state index contributed by atoms with van der Waals surface area (Å²) in [5, 5.41) is 0. The van der Waals surface area contributed by atoms with E-state index in [1.54, 1.807) is 30.3 Å². The summed E-state index contributed by atoms with van der Waals surface area (Å²) in [4.78, 5) is 11.2. The van der Waals surface area contributed by atoms with Crippen LogP contribution < -0.4 is 0 Å². The number of halogens is 3. The number of hydrogen-bond donors (Lipinski definition) is 0. The van der Waals surface area contributed by atoms with Crippen molar-refractivity contribution in [1.29, 1.82) is 0 Å². The molecule has 1 rings (SSSR count). The Morgan fingerprint density at radius 2 is 1.80 bits per heavy atom. The zero-order valence-electron chi connectivity index (χ0n) is 7.78. The Morgan fingerprint density at radius 1 is 1.27 bits per heavy atom. The Hall–Kier alpha value is -1.17. The third kappa shape index (κ3) is 3.47. The molecule has 2 nitrogen and oxygen atoms in total. The second-order valence-corrected chi connectivity index (χ2v) is 4.30. The summed E-state index contributed by atoms with van der Waals surface area (Å²) < 4.78 is 38.7. The molecule has 0 spiro atoms. The van der Waals surface area contributed by atoms with Crippen molar-refractivity contribution in [1.82, 2.24) is 0 Å². The van der Waals surface area contributed by atoms with Crippen LogP contribution in [0.1, 0.15) is 0 Å². The highest BCUT2D eigenvalue weighted by atomic mass is 32.2. The summed E-state index contributed by atoms with van der Waals surface area (Å²) in [5.41, 5.74) is 0. The van der Waals surface area contributed by atoms with Gasteiger partial charge in [0.1, 0.15) is 0 Å². The highest BCUT2D eigenvalue weighted by Crippen LogP contribution is 2.18. The predicted molar refractivity (Wildman–Crippen MR) is 51.5 cm³/mol. The van der Waals surface area contributed by atoms with Crippen molar-refractivity contribution in [3.63, 3.8) is 0 Å². The predicted octanol–water partition coefficient (Wildman–Crippen LogP) is 2.57. The molecule has 15 heavy (non-hydrogen) atoms. The monoisotopic (exact) mass is 235 g/mol. The molecule has 6 heteroatoms. The van der Waals surface area contributed by atoms with E-state index in [4.69, 9.17) is 0 Å². The number of hydrogen-bond acceptors (Lipinski definition) is 1. The van der Waals surface area contributed by atoms with Gasteiger partial charge in [0.15, 0.2) is 0 Å². The Bertz CT molecular complexity index is 386. The largest absolute Gasteiger partial charge is 0.474 e. The number of nitrogens with zero attached hydrogens (tertiary/aromatic N) is 1. The van der Waals surface area contributed by atoms with Crippen molar-refractivity contribution < 1.29 is 18.0 Å². The topological polar surface area (TPSA) is 29.4 Å². The molecule has 1 unspecified atom stereocenters. The minimum Gasteiger partial charge on any atom is -0.261 e. The highest BCUT2D eigenvalue weighted by Gasteiger charge is 2.38. The van der Waals surface area contributed by atoms with Gasteiger partial charge >= 0.3 is 12.1 Å². The number of carbonyl (C=O) groups is 1.